The second-order valence-electron chi connectivity index (χ2n) is 7.60. The van der Waals surface area contributed by atoms with E-state index in [1.807, 2.05) is 73.8 Å². The highest BCUT2D eigenvalue weighted by Gasteiger charge is 2.47. The summed E-state index contributed by atoms with van der Waals surface area (Å²) in [6, 6.07) is 21.3. The van der Waals surface area contributed by atoms with E-state index < -0.39 is 12.1 Å². The zero-order valence-corrected chi connectivity index (χ0v) is 19.3. The molecule has 2 N–H and O–H groups in total. The number of amides is 2. The van der Waals surface area contributed by atoms with Crippen molar-refractivity contribution in [1.29, 1.82) is 0 Å². The first kappa shape index (κ1) is 21.8. The molecule has 0 unspecified atom stereocenters. The van der Waals surface area contributed by atoms with Crippen molar-refractivity contribution in [3.8, 4) is 5.75 Å². The van der Waals surface area contributed by atoms with Crippen molar-refractivity contribution >= 4 is 34.0 Å². The maximum atomic E-state index is 12.9. The fourth-order valence-corrected chi connectivity index (χ4v) is 3.97. The van der Waals surface area contributed by atoms with Gasteiger partial charge in [0.2, 0.25) is 12.3 Å². The van der Waals surface area contributed by atoms with E-state index >= 15 is 0 Å². The zero-order valence-electron chi connectivity index (χ0n) is 17.7. The zero-order chi connectivity index (χ0) is 22.7. The molecule has 1 fully saturated rings. The fraction of sp³-hybridized carbons (Fsp3) is 0.160. The summed E-state index contributed by atoms with van der Waals surface area (Å²) in [5.41, 5.74) is 6.17. The number of aryl methyl sites for hydroxylation is 1. The fourth-order valence-electron chi connectivity index (χ4n) is 3.70. The first-order valence-corrected chi connectivity index (χ1v) is 10.9. The lowest BCUT2D eigenvalue weighted by atomic mass is 9.99. The van der Waals surface area contributed by atoms with Gasteiger partial charge in [-0.3, -0.25) is 9.59 Å². The number of benzene rings is 3. The third kappa shape index (κ3) is 4.73. The minimum atomic E-state index is -0.775. The summed E-state index contributed by atoms with van der Waals surface area (Å²) in [6.45, 7) is 1.92. The van der Waals surface area contributed by atoms with Gasteiger partial charge in [0.25, 0.3) is 5.91 Å². The van der Waals surface area contributed by atoms with Crippen LogP contribution in [-0.2, 0) is 4.79 Å². The van der Waals surface area contributed by atoms with E-state index in [1.165, 1.54) is 0 Å². The quantitative estimate of drug-likeness (QED) is 0.532. The number of hydrazine groups is 1. The molecule has 1 aliphatic heterocycles. The number of hydrazone groups is 1. The lowest BCUT2D eigenvalue weighted by Crippen LogP contribution is -2.42. The minimum absolute atomic E-state index is 0.278. The summed E-state index contributed by atoms with van der Waals surface area (Å²) in [7, 11) is 1.61. The summed E-state index contributed by atoms with van der Waals surface area (Å²) in [5, 5.41) is 2.92. The van der Waals surface area contributed by atoms with Gasteiger partial charge in [0, 0.05) is 21.2 Å². The molecule has 1 saturated heterocycles. The van der Waals surface area contributed by atoms with Gasteiger partial charge in [0.15, 0.2) is 6.04 Å². The van der Waals surface area contributed by atoms with Gasteiger partial charge in [-0.1, -0.05) is 33.6 Å². The van der Waals surface area contributed by atoms with Crippen molar-refractivity contribution < 1.29 is 19.0 Å². The predicted octanol–water partition coefficient (Wildman–Crippen LogP) is 3.78. The Morgan fingerprint density at radius 1 is 1.09 bits per heavy atom. The van der Waals surface area contributed by atoms with Crippen LogP contribution in [0.5, 0.6) is 5.75 Å². The number of rotatable bonds is 5. The van der Waals surface area contributed by atoms with Crippen molar-refractivity contribution in [3.05, 3.63) is 99.5 Å². The van der Waals surface area contributed by atoms with Crippen molar-refractivity contribution in [2.45, 2.75) is 19.0 Å². The van der Waals surface area contributed by atoms with Gasteiger partial charge in [-0.05, 0) is 67.6 Å². The van der Waals surface area contributed by atoms with Crippen LogP contribution in [0.2, 0.25) is 0 Å². The minimum Gasteiger partial charge on any atom is -0.497 e. The average Bonchev–Trinajstić information content (AvgIpc) is 3.09. The molecule has 0 spiro atoms. The monoisotopic (exact) mass is 492 g/mol. The Kier molecular flexibility index (Phi) is 6.37. The highest BCUT2D eigenvalue weighted by Crippen LogP contribution is 2.27. The van der Waals surface area contributed by atoms with Crippen LogP contribution in [0, 0.1) is 6.92 Å². The van der Waals surface area contributed by atoms with E-state index in [-0.39, 0.29) is 11.8 Å². The molecular formula is C25H23BrN3O3+. The molecule has 32 heavy (non-hydrogen) atoms. The van der Waals surface area contributed by atoms with Crippen molar-refractivity contribution in [1.82, 2.24) is 10.7 Å². The molecular weight excluding hydrogens is 470 g/mol. The molecule has 2 amide bonds. The standard InChI is InChI=1S/C25H22BrN3O3/c1-16-4-3-5-19(14-16)24(30)27-22-23(18-8-12-21(32-2)13-9-18)29(28-25(22)31)15-17-6-10-20(26)11-7-17/h3-15,22-23H,1-2H3,(H-,27,28,30,31)/p+1/b29-15-/t22-,23+/m0/s1. The topological polar surface area (TPSA) is 70.4 Å². The average molecular weight is 493 g/mol. The Morgan fingerprint density at radius 2 is 1.81 bits per heavy atom. The molecule has 2 atom stereocenters. The second-order valence-corrected chi connectivity index (χ2v) is 8.52. The van der Waals surface area contributed by atoms with Crippen LogP contribution in [0.15, 0.2) is 77.3 Å². The van der Waals surface area contributed by atoms with Crippen molar-refractivity contribution in [3.63, 3.8) is 0 Å². The number of nitrogens with one attached hydrogen (secondary N) is 2. The van der Waals surface area contributed by atoms with E-state index in [1.54, 1.807) is 23.9 Å². The number of ether oxygens (including phenoxy) is 1. The Labute approximate surface area is 195 Å². The summed E-state index contributed by atoms with van der Waals surface area (Å²) < 4.78 is 7.98. The maximum Gasteiger partial charge on any atom is 0.304 e. The van der Waals surface area contributed by atoms with Crippen LogP contribution in [-0.4, -0.2) is 35.9 Å². The molecule has 4 rings (SSSR count). The van der Waals surface area contributed by atoms with Gasteiger partial charge < -0.3 is 10.1 Å². The Morgan fingerprint density at radius 3 is 2.47 bits per heavy atom. The van der Waals surface area contributed by atoms with Crippen molar-refractivity contribution in [2.24, 2.45) is 0 Å². The van der Waals surface area contributed by atoms with Gasteiger partial charge in [-0.25, -0.2) is 0 Å². The summed E-state index contributed by atoms with van der Waals surface area (Å²) in [6.07, 6.45) is 1.86. The van der Waals surface area contributed by atoms with E-state index in [2.05, 4.69) is 26.7 Å². The number of nitrogens with zero attached hydrogens (tertiary/aromatic N) is 1. The maximum absolute atomic E-state index is 12.9. The molecule has 6 nitrogen and oxygen atoms in total. The number of methoxy groups -OCH3 is 1. The SMILES string of the molecule is COc1ccc([C@@H]2[C@H](NC(=O)c3cccc(C)c3)C(=O)N/[N+]2=C\c2ccc(Br)cc2)cc1. The lowest BCUT2D eigenvalue weighted by Gasteiger charge is -2.15. The number of halogens is 1. The Balaban J connectivity index is 1.70. The molecule has 0 aromatic heterocycles. The van der Waals surface area contributed by atoms with Crippen LogP contribution in [0.3, 0.4) is 0 Å². The molecule has 7 heteroatoms. The number of hydrogen-bond acceptors (Lipinski definition) is 3. The molecule has 0 radical (unpaired) electrons. The van der Waals surface area contributed by atoms with Crippen molar-refractivity contribution in [2.75, 3.05) is 7.11 Å². The van der Waals surface area contributed by atoms with Gasteiger partial charge in [-0.15, -0.1) is 10.1 Å². The van der Waals surface area contributed by atoms with Gasteiger partial charge in [0.05, 0.1) is 7.11 Å². The van der Waals surface area contributed by atoms with Crippen LogP contribution in [0.4, 0.5) is 0 Å². The van der Waals surface area contributed by atoms with Gasteiger partial charge in [0.1, 0.15) is 5.75 Å². The molecule has 0 bridgehead atoms. The van der Waals surface area contributed by atoms with Gasteiger partial charge >= 0.3 is 5.91 Å². The predicted molar refractivity (Wildman–Crippen MR) is 126 cm³/mol. The summed E-state index contributed by atoms with van der Waals surface area (Å²) in [4.78, 5) is 25.9. The number of hydrogen-bond donors (Lipinski definition) is 2. The molecule has 1 heterocycles. The first-order valence-electron chi connectivity index (χ1n) is 10.2. The van der Waals surface area contributed by atoms with Crippen LogP contribution in [0.25, 0.3) is 0 Å². The summed E-state index contributed by atoms with van der Waals surface area (Å²) >= 11 is 3.44. The van der Waals surface area contributed by atoms with E-state index in [0.29, 0.717) is 5.56 Å². The smallest absolute Gasteiger partial charge is 0.304 e. The highest BCUT2D eigenvalue weighted by molar-refractivity contribution is 9.10. The largest absolute Gasteiger partial charge is 0.497 e. The highest BCUT2D eigenvalue weighted by atomic mass is 79.9. The Hall–Kier alpha value is -3.45. The second kappa shape index (κ2) is 9.36. The van der Waals surface area contributed by atoms with E-state index in [0.717, 1.165) is 26.9 Å². The molecule has 0 aliphatic carbocycles. The van der Waals surface area contributed by atoms with Crippen LogP contribution >= 0.6 is 15.9 Å². The summed E-state index contributed by atoms with van der Waals surface area (Å²) in [5.74, 6) is 0.146. The third-order valence-corrected chi connectivity index (χ3v) is 5.85. The van der Waals surface area contributed by atoms with E-state index in [9.17, 15) is 9.59 Å². The third-order valence-electron chi connectivity index (χ3n) is 5.32. The molecule has 3 aromatic rings. The molecule has 162 valence electrons. The number of carbonyl (C=O) groups excluding carboxylic acids is 2. The number of carbonyl (C=O) groups is 2. The molecule has 0 saturated carbocycles. The molecule has 1 aliphatic rings. The normalized spacial score (nSPS) is 19.0. The lowest BCUT2D eigenvalue weighted by molar-refractivity contribution is -0.596. The van der Waals surface area contributed by atoms with Crippen LogP contribution in [0.1, 0.15) is 33.1 Å². The van der Waals surface area contributed by atoms with E-state index in [4.69, 9.17) is 4.74 Å². The Bertz CT molecular complexity index is 1170. The van der Waals surface area contributed by atoms with Gasteiger partial charge in [-0.2, -0.15) is 0 Å². The van der Waals surface area contributed by atoms with Crippen LogP contribution < -0.4 is 15.5 Å². The molecule has 3 aromatic carbocycles. The first-order chi connectivity index (χ1) is 15.4.